The molecule has 0 bridgehead atoms. The zero-order valence-corrected chi connectivity index (χ0v) is 12.2. The monoisotopic (exact) mass is 273 g/mol. The Morgan fingerprint density at radius 1 is 1.30 bits per heavy atom. The molecule has 0 radical (unpaired) electrons. The molecule has 0 aliphatic carbocycles. The molecular formula is C17H23NO2. The van der Waals surface area contributed by atoms with Gasteiger partial charge in [0.15, 0.2) is 0 Å². The van der Waals surface area contributed by atoms with Crippen molar-refractivity contribution in [2.75, 3.05) is 0 Å². The topological polar surface area (TPSA) is 38.7 Å². The third kappa shape index (κ3) is 4.48. The fourth-order valence-corrected chi connectivity index (χ4v) is 2.42. The molecule has 108 valence electrons. The first-order valence-electron chi connectivity index (χ1n) is 7.55. The highest BCUT2D eigenvalue weighted by atomic mass is 16.5. The van der Waals surface area contributed by atoms with Crippen molar-refractivity contribution >= 4 is 11.7 Å². The smallest absolute Gasteiger partial charge is 0.331 e. The van der Waals surface area contributed by atoms with Crippen molar-refractivity contribution < 1.29 is 9.53 Å². The first-order chi connectivity index (χ1) is 9.79. The summed E-state index contributed by atoms with van der Waals surface area (Å²) in [5.41, 5.74) is 2.21. The molecule has 1 aromatic rings. The summed E-state index contributed by atoms with van der Waals surface area (Å²) in [7, 11) is 0. The number of carbonyl (C=O) groups excluding carboxylic acids is 1. The summed E-state index contributed by atoms with van der Waals surface area (Å²) in [5.74, 6) is -0.181. The maximum Gasteiger partial charge on any atom is 0.331 e. The van der Waals surface area contributed by atoms with E-state index in [9.17, 15) is 4.79 Å². The van der Waals surface area contributed by atoms with Crippen molar-refractivity contribution in [3.8, 4) is 0 Å². The number of ether oxygens (including phenoxy) is 1. The summed E-state index contributed by atoms with van der Waals surface area (Å²) in [6.45, 7) is 2.54. The second kappa shape index (κ2) is 7.83. The molecule has 0 fully saturated rings. The first-order valence-corrected chi connectivity index (χ1v) is 7.55. The van der Waals surface area contributed by atoms with Crippen LogP contribution in [0.1, 0.15) is 51.0 Å². The van der Waals surface area contributed by atoms with Crippen LogP contribution in [-0.2, 0) is 16.1 Å². The molecule has 0 amide bonds. The van der Waals surface area contributed by atoms with Gasteiger partial charge in [-0.2, -0.15) is 0 Å². The number of rotatable bonds is 7. The van der Waals surface area contributed by atoms with Crippen LogP contribution in [0.3, 0.4) is 0 Å². The minimum Gasteiger partial charge on any atom is -0.459 e. The molecule has 0 saturated carbocycles. The summed E-state index contributed by atoms with van der Waals surface area (Å²) in [6.07, 6.45) is 6.44. The highest BCUT2D eigenvalue weighted by molar-refractivity contribution is 5.91. The Kier molecular flexibility index (Phi) is 5.78. The van der Waals surface area contributed by atoms with E-state index < -0.39 is 0 Å². The molecule has 1 aliphatic heterocycles. The Labute approximate surface area is 121 Å². The van der Waals surface area contributed by atoms with E-state index in [1.807, 2.05) is 30.3 Å². The number of hydrogen-bond donors (Lipinski definition) is 0. The van der Waals surface area contributed by atoms with Crippen LogP contribution < -0.4 is 0 Å². The van der Waals surface area contributed by atoms with E-state index in [0.717, 1.165) is 24.8 Å². The molecule has 1 heterocycles. The molecule has 1 atom stereocenters. The highest BCUT2D eigenvalue weighted by Gasteiger charge is 2.25. The summed E-state index contributed by atoms with van der Waals surface area (Å²) < 4.78 is 5.34. The SMILES string of the molecule is CCCCCC1=NC(C(=O)OCc2ccccc2)CC1. The molecule has 0 spiro atoms. The maximum absolute atomic E-state index is 12.0. The average molecular weight is 273 g/mol. The summed E-state index contributed by atoms with van der Waals surface area (Å²) in [6, 6.07) is 9.50. The van der Waals surface area contributed by atoms with E-state index in [2.05, 4.69) is 11.9 Å². The molecule has 3 heteroatoms. The minimum atomic E-state index is -0.268. The number of benzene rings is 1. The quantitative estimate of drug-likeness (QED) is 0.558. The molecule has 0 saturated heterocycles. The van der Waals surface area contributed by atoms with E-state index in [4.69, 9.17) is 4.74 Å². The van der Waals surface area contributed by atoms with E-state index in [1.165, 1.54) is 25.0 Å². The molecule has 3 nitrogen and oxygen atoms in total. The van der Waals surface area contributed by atoms with Crippen LogP contribution in [0.25, 0.3) is 0 Å². The van der Waals surface area contributed by atoms with E-state index in [-0.39, 0.29) is 12.0 Å². The molecule has 2 rings (SSSR count). The molecular weight excluding hydrogens is 250 g/mol. The lowest BCUT2D eigenvalue weighted by atomic mass is 10.1. The minimum absolute atomic E-state index is 0.181. The van der Waals surface area contributed by atoms with Gasteiger partial charge in [-0.25, -0.2) is 4.79 Å². The van der Waals surface area contributed by atoms with Crippen LogP contribution in [0.5, 0.6) is 0 Å². The van der Waals surface area contributed by atoms with Crippen LogP contribution in [0.15, 0.2) is 35.3 Å². The largest absolute Gasteiger partial charge is 0.459 e. The second-order valence-corrected chi connectivity index (χ2v) is 5.30. The molecule has 0 N–H and O–H groups in total. The lowest BCUT2D eigenvalue weighted by molar-refractivity contribution is -0.146. The summed E-state index contributed by atoms with van der Waals surface area (Å²) >= 11 is 0. The van der Waals surface area contributed by atoms with Crippen molar-refractivity contribution in [3.05, 3.63) is 35.9 Å². The normalized spacial score (nSPS) is 17.9. The molecule has 1 unspecified atom stereocenters. The summed E-state index contributed by atoms with van der Waals surface area (Å²) in [4.78, 5) is 16.5. The number of unbranched alkanes of at least 4 members (excludes halogenated alkanes) is 2. The molecule has 20 heavy (non-hydrogen) atoms. The van der Waals surface area contributed by atoms with Gasteiger partial charge in [0, 0.05) is 5.71 Å². The molecule has 1 aromatic carbocycles. The molecule has 1 aliphatic rings. The number of carbonyl (C=O) groups is 1. The van der Waals surface area contributed by atoms with Crippen LogP contribution >= 0.6 is 0 Å². The Hall–Kier alpha value is -1.64. The fraction of sp³-hybridized carbons (Fsp3) is 0.529. The zero-order chi connectivity index (χ0) is 14.2. The van der Waals surface area contributed by atoms with Gasteiger partial charge in [-0.15, -0.1) is 0 Å². The lowest BCUT2D eigenvalue weighted by Crippen LogP contribution is -2.18. The van der Waals surface area contributed by atoms with Gasteiger partial charge in [0.25, 0.3) is 0 Å². The number of aliphatic imine (C=N–C) groups is 1. The predicted molar refractivity (Wildman–Crippen MR) is 80.8 cm³/mol. The maximum atomic E-state index is 12.0. The number of esters is 1. The fourth-order valence-electron chi connectivity index (χ4n) is 2.42. The van der Waals surface area contributed by atoms with Crippen molar-refractivity contribution in [2.24, 2.45) is 4.99 Å². The van der Waals surface area contributed by atoms with Gasteiger partial charge in [-0.05, 0) is 31.2 Å². The standard InChI is InChI=1S/C17H23NO2/c1-2-3-5-10-15-11-12-16(18-15)17(19)20-13-14-8-6-4-7-9-14/h4,6-9,16H,2-3,5,10-13H2,1H3. The third-order valence-electron chi connectivity index (χ3n) is 3.61. The van der Waals surface area contributed by atoms with Gasteiger partial charge >= 0.3 is 5.97 Å². The second-order valence-electron chi connectivity index (χ2n) is 5.30. The van der Waals surface area contributed by atoms with Gasteiger partial charge in [0.05, 0.1) is 0 Å². The van der Waals surface area contributed by atoms with E-state index >= 15 is 0 Å². The van der Waals surface area contributed by atoms with Crippen molar-refractivity contribution in [1.82, 2.24) is 0 Å². The number of nitrogens with zero attached hydrogens (tertiary/aromatic N) is 1. The highest BCUT2D eigenvalue weighted by Crippen LogP contribution is 2.19. The van der Waals surface area contributed by atoms with Crippen molar-refractivity contribution in [2.45, 2.75) is 58.1 Å². The average Bonchev–Trinajstić information content (AvgIpc) is 2.95. The van der Waals surface area contributed by atoms with E-state index in [1.54, 1.807) is 0 Å². The summed E-state index contributed by atoms with van der Waals surface area (Å²) in [5, 5.41) is 0. The van der Waals surface area contributed by atoms with Gasteiger partial charge in [-0.3, -0.25) is 4.99 Å². The number of hydrogen-bond acceptors (Lipinski definition) is 3. The van der Waals surface area contributed by atoms with Gasteiger partial charge in [0.1, 0.15) is 12.6 Å². The Morgan fingerprint density at radius 3 is 2.85 bits per heavy atom. The van der Waals surface area contributed by atoms with Gasteiger partial charge in [-0.1, -0.05) is 50.1 Å². The van der Waals surface area contributed by atoms with Gasteiger partial charge < -0.3 is 4.74 Å². The predicted octanol–water partition coefficient (Wildman–Crippen LogP) is 3.91. The van der Waals surface area contributed by atoms with Crippen LogP contribution in [0.2, 0.25) is 0 Å². The van der Waals surface area contributed by atoms with E-state index in [0.29, 0.717) is 6.61 Å². The molecule has 0 aromatic heterocycles. The van der Waals surface area contributed by atoms with Crippen LogP contribution in [-0.4, -0.2) is 17.7 Å². The zero-order valence-electron chi connectivity index (χ0n) is 12.2. The van der Waals surface area contributed by atoms with Crippen LogP contribution in [0, 0.1) is 0 Å². The van der Waals surface area contributed by atoms with Crippen LogP contribution in [0.4, 0.5) is 0 Å². The third-order valence-corrected chi connectivity index (χ3v) is 3.61. The van der Waals surface area contributed by atoms with Crippen molar-refractivity contribution in [1.29, 1.82) is 0 Å². The Balaban J connectivity index is 1.76. The first kappa shape index (κ1) is 14.8. The lowest BCUT2D eigenvalue weighted by Gasteiger charge is -2.07. The Bertz CT molecular complexity index is 453. The Morgan fingerprint density at radius 2 is 2.10 bits per heavy atom. The van der Waals surface area contributed by atoms with Gasteiger partial charge in [0.2, 0.25) is 0 Å². The van der Waals surface area contributed by atoms with Crippen molar-refractivity contribution in [3.63, 3.8) is 0 Å².